The highest BCUT2D eigenvalue weighted by Crippen LogP contribution is 2.40. The standard InChI is InChI=1S/C12H17N5OS/c1-2-16-11-9(7-13-12(16)19)17(14-5-6-18)10(15-11)8-3-4-8/h7-8,14,18H,2-6H2,1H3. The van der Waals surface area contributed by atoms with Crippen molar-refractivity contribution < 1.29 is 5.11 Å². The van der Waals surface area contributed by atoms with Crippen LogP contribution in [-0.4, -0.2) is 37.5 Å². The lowest BCUT2D eigenvalue weighted by molar-refractivity contribution is 0.307. The van der Waals surface area contributed by atoms with E-state index < -0.39 is 0 Å². The van der Waals surface area contributed by atoms with Gasteiger partial charge in [0.15, 0.2) is 5.65 Å². The molecule has 1 saturated carbocycles. The fourth-order valence-electron chi connectivity index (χ4n) is 2.26. The number of aryl methyl sites for hydroxylation is 1. The molecule has 0 unspecified atom stereocenters. The fourth-order valence-corrected chi connectivity index (χ4v) is 2.53. The maximum absolute atomic E-state index is 8.99. The third-order valence-electron chi connectivity index (χ3n) is 3.34. The van der Waals surface area contributed by atoms with E-state index in [2.05, 4.69) is 10.4 Å². The van der Waals surface area contributed by atoms with Gasteiger partial charge in [-0.15, -0.1) is 0 Å². The number of aliphatic hydroxyl groups is 1. The molecule has 3 rings (SSSR count). The number of hydrogen-bond donors (Lipinski definition) is 2. The minimum Gasteiger partial charge on any atom is -0.394 e. The molecule has 0 saturated heterocycles. The Morgan fingerprint density at radius 2 is 2.32 bits per heavy atom. The molecule has 1 aliphatic rings. The predicted octanol–water partition coefficient (Wildman–Crippen LogP) is 1.40. The summed E-state index contributed by atoms with van der Waals surface area (Å²) in [4.78, 5) is 8.99. The molecular weight excluding hydrogens is 262 g/mol. The second-order valence-electron chi connectivity index (χ2n) is 4.71. The molecule has 19 heavy (non-hydrogen) atoms. The van der Waals surface area contributed by atoms with Gasteiger partial charge in [-0.2, -0.15) is 0 Å². The Morgan fingerprint density at radius 1 is 1.53 bits per heavy atom. The van der Waals surface area contributed by atoms with Crippen molar-refractivity contribution in [3.63, 3.8) is 0 Å². The first-order chi connectivity index (χ1) is 9.26. The van der Waals surface area contributed by atoms with Gasteiger partial charge in [0.1, 0.15) is 11.3 Å². The molecule has 2 aromatic rings. The Kier molecular flexibility index (Phi) is 3.24. The molecule has 0 aliphatic heterocycles. The minimum absolute atomic E-state index is 0.0874. The summed E-state index contributed by atoms with van der Waals surface area (Å²) in [6.45, 7) is 3.37. The molecule has 6 nitrogen and oxygen atoms in total. The number of fused-ring (bicyclic) bond motifs is 1. The lowest BCUT2D eigenvalue weighted by Gasteiger charge is -2.10. The monoisotopic (exact) mass is 279 g/mol. The number of nitrogens with zero attached hydrogens (tertiary/aromatic N) is 4. The van der Waals surface area contributed by atoms with Gasteiger partial charge >= 0.3 is 0 Å². The Morgan fingerprint density at radius 3 is 2.95 bits per heavy atom. The third-order valence-corrected chi connectivity index (χ3v) is 3.67. The minimum atomic E-state index is 0.0874. The molecule has 0 spiro atoms. The van der Waals surface area contributed by atoms with Gasteiger partial charge in [0.2, 0.25) is 4.77 Å². The molecule has 1 fully saturated rings. The summed E-state index contributed by atoms with van der Waals surface area (Å²) in [5, 5.41) is 8.99. The average Bonchev–Trinajstić information content (AvgIpc) is 3.19. The van der Waals surface area contributed by atoms with E-state index in [1.54, 1.807) is 6.20 Å². The van der Waals surface area contributed by atoms with Crippen molar-refractivity contribution >= 4 is 23.4 Å². The summed E-state index contributed by atoms with van der Waals surface area (Å²) < 4.78 is 4.45. The van der Waals surface area contributed by atoms with E-state index >= 15 is 0 Å². The molecule has 2 N–H and O–H groups in total. The fraction of sp³-hybridized carbons (Fsp3) is 0.583. The Labute approximate surface area is 116 Å². The average molecular weight is 279 g/mol. The zero-order valence-corrected chi connectivity index (χ0v) is 11.7. The van der Waals surface area contributed by atoms with Gasteiger partial charge in [0.25, 0.3) is 0 Å². The van der Waals surface area contributed by atoms with Crippen LogP contribution in [0.1, 0.15) is 31.5 Å². The normalized spacial score (nSPS) is 15.1. The summed E-state index contributed by atoms with van der Waals surface area (Å²) in [6, 6.07) is 0. The van der Waals surface area contributed by atoms with E-state index in [0.717, 1.165) is 23.5 Å². The van der Waals surface area contributed by atoms with Crippen LogP contribution in [0.5, 0.6) is 0 Å². The first-order valence-electron chi connectivity index (χ1n) is 6.59. The number of imidazole rings is 1. The van der Waals surface area contributed by atoms with Gasteiger partial charge < -0.3 is 15.1 Å². The number of nitrogens with one attached hydrogen (secondary N) is 1. The zero-order valence-electron chi connectivity index (χ0n) is 10.8. The molecule has 7 heteroatoms. The Hall–Kier alpha value is -1.47. The van der Waals surface area contributed by atoms with Crippen molar-refractivity contribution in [1.29, 1.82) is 0 Å². The van der Waals surface area contributed by atoms with Crippen LogP contribution in [0.4, 0.5) is 0 Å². The topological polar surface area (TPSA) is 67.9 Å². The van der Waals surface area contributed by atoms with Gasteiger partial charge in [-0.3, -0.25) is 0 Å². The highest BCUT2D eigenvalue weighted by atomic mass is 32.1. The van der Waals surface area contributed by atoms with Crippen molar-refractivity contribution in [1.82, 2.24) is 19.2 Å². The van der Waals surface area contributed by atoms with E-state index in [0.29, 0.717) is 17.2 Å². The van der Waals surface area contributed by atoms with Crippen molar-refractivity contribution in [2.24, 2.45) is 0 Å². The van der Waals surface area contributed by atoms with Gasteiger partial charge in [0, 0.05) is 12.5 Å². The van der Waals surface area contributed by atoms with E-state index in [1.165, 1.54) is 12.8 Å². The molecule has 102 valence electrons. The Balaban J connectivity index is 2.19. The molecule has 0 amide bonds. The smallest absolute Gasteiger partial charge is 0.201 e. The summed E-state index contributed by atoms with van der Waals surface area (Å²) in [5.74, 6) is 1.53. The first kappa shape index (κ1) is 12.6. The van der Waals surface area contributed by atoms with Gasteiger partial charge in [-0.1, -0.05) is 0 Å². The zero-order chi connectivity index (χ0) is 13.4. The number of hydrogen-bond acceptors (Lipinski definition) is 5. The third kappa shape index (κ3) is 2.12. The second-order valence-corrected chi connectivity index (χ2v) is 5.07. The lowest BCUT2D eigenvalue weighted by atomic mass is 10.4. The molecule has 0 atom stereocenters. The summed E-state index contributed by atoms with van der Waals surface area (Å²) in [6.07, 6.45) is 4.10. The van der Waals surface area contributed by atoms with E-state index in [4.69, 9.17) is 22.3 Å². The van der Waals surface area contributed by atoms with Crippen LogP contribution in [0.3, 0.4) is 0 Å². The molecule has 1 aliphatic carbocycles. The van der Waals surface area contributed by atoms with Gasteiger partial charge in [-0.05, 0) is 32.0 Å². The SMILES string of the molecule is CCn1c(=S)ncc2c1nc(C1CC1)n2NCCO. The van der Waals surface area contributed by atoms with Crippen molar-refractivity contribution in [3.05, 3.63) is 16.8 Å². The van der Waals surface area contributed by atoms with Crippen LogP contribution < -0.4 is 5.43 Å². The summed E-state index contributed by atoms with van der Waals surface area (Å²) in [7, 11) is 0. The molecule has 0 bridgehead atoms. The number of rotatable bonds is 5. The first-order valence-corrected chi connectivity index (χ1v) is 7.00. The molecule has 2 aromatic heterocycles. The summed E-state index contributed by atoms with van der Waals surface area (Å²) >= 11 is 5.24. The van der Waals surface area contributed by atoms with Crippen LogP contribution in [0.15, 0.2) is 6.20 Å². The van der Waals surface area contributed by atoms with E-state index in [9.17, 15) is 0 Å². The lowest BCUT2D eigenvalue weighted by Crippen LogP contribution is -2.20. The maximum Gasteiger partial charge on any atom is 0.201 e. The van der Waals surface area contributed by atoms with Gasteiger partial charge in [0.05, 0.1) is 19.3 Å². The van der Waals surface area contributed by atoms with Crippen molar-refractivity contribution in [2.75, 3.05) is 18.6 Å². The number of aliphatic hydroxyl groups excluding tert-OH is 1. The maximum atomic E-state index is 8.99. The van der Waals surface area contributed by atoms with Crippen LogP contribution in [0.25, 0.3) is 11.2 Å². The number of aromatic nitrogens is 4. The molecular formula is C12H17N5OS. The van der Waals surface area contributed by atoms with Crippen molar-refractivity contribution in [2.45, 2.75) is 32.2 Å². The Bertz CT molecular complexity index is 658. The largest absolute Gasteiger partial charge is 0.394 e. The molecule has 2 heterocycles. The quantitative estimate of drug-likeness (QED) is 0.810. The second kappa shape index (κ2) is 4.90. The van der Waals surface area contributed by atoms with E-state index in [1.807, 2.05) is 16.2 Å². The van der Waals surface area contributed by atoms with Crippen molar-refractivity contribution in [3.8, 4) is 0 Å². The van der Waals surface area contributed by atoms with Crippen LogP contribution in [0, 0.1) is 4.77 Å². The summed E-state index contributed by atoms with van der Waals surface area (Å²) in [5.41, 5.74) is 4.99. The van der Waals surface area contributed by atoms with E-state index in [-0.39, 0.29) is 6.61 Å². The van der Waals surface area contributed by atoms with Gasteiger partial charge in [-0.25, -0.2) is 14.6 Å². The van der Waals surface area contributed by atoms with Crippen LogP contribution in [-0.2, 0) is 6.54 Å². The molecule has 0 radical (unpaired) electrons. The van der Waals surface area contributed by atoms with Crippen LogP contribution >= 0.6 is 12.2 Å². The highest BCUT2D eigenvalue weighted by Gasteiger charge is 2.30. The highest BCUT2D eigenvalue weighted by molar-refractivity contribution is 7.71. The van der Waals surface area contributed by atoms with Crippen LogP contribution in [0.2, 0.25) is 0 Å². The molecule has 0 aromatic carbocycles. The predicted molar refractivity (Wildman–Crippen MR) is 75.3 cm³/mol.